The fourth-order valence-electron chi connectivity index (χ4n) is 4.32. The Morgan fingerprint density at radius 2 is 1.56 bits per heavy atom. The molecule has 6 nitrogen and oxygen atoms in total. The largest absolute Gasteiger partial charge is 0.375 e. The molecule has 27 heavy (non-hydrogen) atoms. The smallest absolute Gasteiger partial charge is 0.225 e. The third kappa shape index (κ3) is 4.69. The second-order valence-electron chi connectivity index (χ2n) is 9.15. The molecule has 2 unspecified atom stereocenters. The highest BCUT2D eigenvalue weighted by Gasteiger charge is 2.32. The summed E-state index contributed by atoms with van der Waals surface area (Å²) in [4.78, 5) is 11.0. The van der Waals surface area contributed by atoms with Crippen molar-refractivity contribution in [3.63, 3.8) is 0 Å². The molecular weight excluding hydrogens is 360 g/mol. The molecule has 2 saturated heterocycles. The maximum absolute atomic E-state index is 5.87. The predicted octanol–water partition coefficient (Wildman–Crippen LogP) is 3.86. The number of rotatable bonds is 4. The number of ether oxygens (including phenoxy) is 2. The topological polar surface area (TPSA) is 68.3 Å². The first-order valence-electron chi connectivity index (χ1n) is 10.1. The van der Waals surface area contributed by atoms with Crippen molar-refractivity contribution < 1.29 is 9.47 Å². The Kier molecular flexibility index (Phi) is 5.29. The average Bonchev–Trinajstić information content (AvgIpc) is 3.01. The normalized spacial score (nSPS) is 29.2. The molecule has 0 aliphatic carbocycles. The Morgan fingerprint density at radius 1 is 0.926 bits per heavy atom. The molecule has 2 N–H and O–H groups in total. The van der Waals surface area contributed by atoms with Crippen LogP contribution in [0.5, 0.6) is 0 Å². The van der Waals surface area contributed by atoms with Gasteiger partial charge >= 0.3 is 0 Å². The zero-order chi connectivity index (χ0) is 19.1. The highest BCUT2D eigenvalue weighted by molar-refractivity contribution is 7.99. The maximum Gasteiger partial charge on any atom is 0.225 e. The summed E-state index contributed by atoms with van der Waals surface area (Å²) in [5.74, 6) is 2.85. The predicted molar refractivity (Wildman–Crippen MR) is 110 cm³/mol. The lowest BCUT2D eigenvalue weighted by Crippen LogP contribution is -2.41. The molecule has 0 amide bonds. The van der Waals surface area contributed by atoms with E-state index in [2.05, 4.69) is 38.3 Å². The quantitative estimate of drug-likeness (QED) is 0.806. The molecule has 0 bridgehead atoms. The third-order valence-corrected chi connectivity index (χ3v) is 6.72. The van der Waals surface area contributed by atoms with E-state index in [1.807, 2.05) is 11.8 Å². The van der Waals surface area contributed by atoms with Crippen molar-refractivity contribution in [1.29, 1.82) is 0 Å². The lowest BCUT2D eigenvalue weighted by molar-refractivity contribution is -0.0556. The first kappa shape index (κ1) is 19.3. The summed E-state index contributed by atoms with van der Waals surface area (Å²) in [5.41, 5.74) is 1.02. The lowest BCUT2D eigenvalue weighted by atomic mass is 9.94. The number of hydrogen-bond donors (Lipinski definition) is 2. The van der Waals surface area contributed by atoms with Crippen LogP contribution in [0.2, 0.25) is 0 Å². The van der Waals surface area contributed by atoms with E-state index < -0.39 is 0 Å². The van der Waals surface area contributed by atoms with E-state index in [1.165, 1.54) is 10.6 Å². The summed E-state index contributed by atoms with van der Waals surface area (Å²) < 4.78 is 11.7. The van der Waals surface area contributed by atoms with E-state index in [9.17, 15) is 0 Å². The van der Waals surface area contributed by atoms with Gasteiger partial charge in [-0.25, -0.2) is 4.98 Å². The summed E-state index contributed by atoms with van der Waals surface area (Å²) in [7, 11) is 0. The Bertz CT molecular complexity index is 695. The molecule has 0 spiro atoms. The van der Waals surface area contributed by atoms with Crippen molar-refractivity contribution in [2.45, 2.75) is 88.0 Å². The third-order valence-electron chi connectivity index (χ3n) is 5.59. The Morgan fingerprint density at radius 3 is 2.19 bits per heavy atom. The summed E-state index contributed by atoms with van der Waals surface area (Å²) in [6.45, 7) is 10.2. The number of nitrogens with zero attached hydrogens (tertiary/aromatic N) is 2. The van der Waals surface area contributed by atoms with Gasteiger partial charge in [-0.15, -0.1) is 11.8 Å². The Labute approximate surface area is 166 Å². The maximum atomic E-state index is 5.87. The van der Waals surface area contributed by atoms with Crippen LogP contribution in [0.15, 0.2) is 4.90 Å². The van der Waals surface area contributed by atoms with Crippen molar-refractivity contribution >= 4 is 23.5 Å². The summed E-state index contributed by atoms with van der Waals surface area (Å²) >= 11 is 1.87. The van der Waals surface area contributed by atoms with Gasteiger partial charge in [0.2, 0.25) is 5.95 Å². The molecule has 0 aromatic carbocycles. The minimum absolute atomic E-state index is 0.0754. The molecule has 3 aliphatic rings. The van der Waals surface area contributed by atoms with Crippen LogP contribution in [0.1, 0.15) is 59.1 Å². The van der Waals surface area contributed by atoms with Crippen LogP contribution in [0.25, 0.3) is 0 Å². The molecule has 2 fully saturated rings. The minimum atomic E-state index is -0.0861. The zero-order valence-corrected chi connectivity index (χ0v) is 17.7. The molecule has 3 aliphatic heterocycles. The van der Waals surface area contributed by atoms with Gasteiger partial charge in [0.1, 0.15) is 5.82 Å². The monoisotopic (exact) mass is 392 g/mol. The van der Waals surface area contributed by atoms with Crippen molar-refractivity contribution in [3.05, 3.63) is 5.69 Å². The van der Waals surface area contributed by atoms with Gasteiger partial charge in [0.15, 0.2) is 0 Å². The van der Waals surface area contributed by atoms with Gasteiger partial charge in [0.05, 0.1) is 21.8 Å². The van der Waals surface area contributed by atoms with Crippen molar-refractivity contribution in [2.24, 2.45) is 0 Å². The number of aromatic nitrogens is 2. The van der Waals surface area contributed by atoms with E-state index in [0.717, 1.165) is 62.8 Å². The average molecular weight is 393 g/mol. The molecule has 4 rings (SSSR count). The number of nitrogens with one attached hydrogen (secondary N) is 2. The van der Waals surface area contributed by atoms with Crippen LogP contribution >= 0.6 is 11.8 Å². The molecule has 7 heteroatoms. The summed E-state index contributed by atoms with van der Waals surface area (Å²) in [6, 6.07) is 0.750. The van der Waals surface area contributed by atoms with E-state index in [4.69, 9.17) is 19.4 Å². The fraction of sp³-hybridized carbons (Fsp3) is 0.800. The van der Waals surface area contributed by atoms with Crippen molar-refractivity contribution in [1.82, 2.24) is 9.97 Å². The zero-order valence-electron chi connectivity index (χ0n) is 16.9. The van der Waals surface area contributed by atoms with Crippen molar-refractivity contribution in [2.75, 3.05) is 29.6 Å². The van der Waals surface area contributed by atoms with Crippen LogP contribution in [0.3, 0.4) is 0 Å². The lowest BCUT2D eigenvalue weighted by Gasteiger charge is -2.36. The first-order chi connectivity index (χ1) is 12.8. The van der Waals surface area contributed by atoms with Crippen LogP contribution in [0.4, 0.5) is 11.8 Å². The highest BCUT2D eigenvalue weighted by atomic mass is 32.2. The van der Waals surface area contributed by atoms with Crippen LogP contribution in [-0.4, -0.2) is 52.2 Å². The van der Waals surface area contributed by atoms with Crippen LogP contribution < -0.4 is 10.6 Å². The van der Waals surface area contributed by atoms with Gasteiger partial charge < -0.3 is 20.1 Å². The molecule has 0 saturated carbocycles. The SMILES string of the molecule is CC1(C)CC(Nc2nc3c(c(NC4CCOC(C)(C)C4)n2)SCC3)CCO1. The number of thioether (sulfide) groups is 1. The second-order valence-corrected chi connectivity index (χ2v) is 10.3. The number of fused-ring (bicyclic) bond motifs is 1. The molecule has 0 radical (unpaired) electrons. The second kappa shape index (κ2) is 7.41. The van der Waals surface area contributed by atoms with E-state index in [0.29, 0.717) is 12.1 Å². The first-order valence-corrected chi connectivity index (χ1v) is 11.1. The number of aryl methyl sites for hydroxylation is 1. The standard InChI is InChI=1S/C20H32N4O2S/c1-19(2)11-13(5-8-25-19)21-17-16-15(7-10-27-16)23-18(24-17)22-14-6-9-26-20(3,4)12-14/h13-14H,5-12H2,1-4H3,(H2,21,22,23,24). The highest BCUT2D eigenvalue weighted by Crippen LogP contribution is 2.38. The molecule has 2 atom stereocenters. The molecular formula is C20H32N4O2S. The molecule has 4 heterocycles. The van der Waals surface area contributed by atoms with E-state index in [-0.39, 0.29) is 11.2 Å². The summed E-state index contributed by atoms with van der Waals surface area (Å²) in [6.07, 6.45) is 5.00. The van der Waals surface area contributed by atoms with Gasteiger partial charge in [-0.2, -0.15) is 4.98 Å². The van der Waals surface area contributed by atoms with Gasteiger partial charge in [-0.1, -0.05) is 0 Å². The summed E-state index contributed by atoms with van der Waals surface area (Å²) in [5, 5.41) is 7.30. The fourth-order valence-corrected chi connectivity index (χ4v) is 5.37. The van der Waals surface area contributed by atoms with Gasteiger partial charge in [-0.05, 0) is 53.4 Å². The molecule has 1 aromatic heterocycles. The van der Waals surface area contributed by atoms with Crippen LogP contribution in [0, 0.1) is 0 Å². The minimum Gasteiger partial charge on any atom is -0.375 e. The van der Waals surface area contributed by atoms with Crippen molar-refractivity contribution in [3.8, 4) is 0 Å². The number of anilines is 2. The van der Waals surface area contributed by atoms with Gasteiger partial charge in [0, 0.05) is 37.5 Å². The van der Waals surface area contributed by atoms with Crippen LogP contribution in [-0.2, 0) is 15.9 Å². The molecule has 150 valence electrons. The molecule has 1 aromatic rings. The Balaban J connectivity index is 1.51. The Hall–Kier alpha value is -1.05. The van der Waals surface area contributed by atoms with E-state index >= 15 is 0 Å². The van der Waals surface area contributed by atoms with E-state index in [1.54, 1.807) is 0 Å². The van der Waals surface area contributed by atoms with Gasteiger partial charge in [-0.3, -0.25) is 0 Å². The van der Waals surface area contributed by atoms with Gasteiger partial charge in [0.25, 0.3) is 0 Å². The number of hydrogen-bond acceptors (Lipinski definition) is 7.